The molecule has 1 aromatic carbocycles. The van der Waals surface area contributed by atoms with Gasteiger partial charge in [0.1, 0.15) is 22.3 Å². The van der Waals surface area contributed by atoms with Crippen molar-refractivity contribution in [2.75, 3.05) is 5.32 Å². The van der Waals surface area contributed by atoms with Crippen LogP contribution in [0.25, 0.3) is 10.2 Å². The molecule has 132 valence electrons. The van der Waals surface area contributed by atoms with Crippen molar-refractivity contribution in [1.82, 2.24) is 19.5 Å². The van der Waals surface area contributed by atoms with Crippen molar-refractivity contribution >= 4 is 27.4 Å². The van der Waals surface area contributed by atoms with Gasteiger partial charge in [0.15, 0.2) is 0 Å². The summed E-state index contributed by atoms with van der Waals surface area (Å²) < 4.78 is 2.20. The molecule has 3 aromatic heterocycles. The van der Waals surface area contributed by atoms with Gasteiger partial charge in [0, 0.05) is 18.9 Å². The Balaban J connectivity index is 1.49. The SMILES string of the molecule is Cc1nc(NCc2nccn2CCc2ccccc2)c2c(C)csc2n1. The number of thiophene rings is 1. The zero-order valence-corrected chi connectivity index (χ0v) is 15.8. The number of hydrogen-bond donors (Lipinski definition) is 1. The molecule has 0 radical (unpaired) electrons. The lowest BCUT2D eigenvalue weighted by atomic mass is 10.1. The van der Waals surface area contributed by atoms with Crippen molar-refractivity contribution in [3.05, 3.63) is 70.9 Å². The molecule has 0 aliphatic heterocycles. The maximum Gasteiger partial charge on any atom is 0.139 e. The van der Waals surface area contributed by atoms with Gasteiger partial charge in [0.05, 0.1) is 11.9 Å². The highest BCUT2D eigenvalue weighted by Crippen LogP contribution is 2.29. The maximum atomic E-state index is 4.60. The van der Waals surface area contributed by atoms with Crippen LogP contribution in [-0.4, -0.2) is 19.5 Å². The number of aromatic nitrogens is 4. The zero-order chi connectivity index (χ0) is 17.9. The Morgan fingerprint density at radius 1 is 1.12 bits per heavy atom. The van der Waals surface area contributed by atoms with Gasteiger partial charge >= 0.3 is 0 Å². The van der Waals surface area contributed by atoms with E-state index in [4.69, 9.17) is 0 Å². The lowest BCUT2D eigenvalue weighted by Gasteiger charge is -2.11. The van der Waals surface area contributed by atoms with Gasteiger partial charge in [-0.3, -0.25) is 0 Å². The summed E-state index contributed by atoms with van der Waals surface area (Å²) in [7, 11) is 0. The first-order valence-electron chi connectivity index (χ1n) is 8.71. The second-order valence-corrected chi connectivity index (χ2v) is 7.20. The molecule has 0 saturated heterocycles. The molecule has 3 heterocycles. The molecule has 0 fully saturated rings. The number of nitrogens with one attached hydrogen (secondary N) is 1. The van der Waals surface area contributed by atoms with Crippen molar-refractivity contribution in [3.8, 4) is 0 Å². The van der Waals surface area contributed by atoms with E-state index in [9.17, 15) is 0 Å². The van der Waals surface area contributed by atoms with Gasteiger partial charge in [-0.2, -0.15) is 0 Å². The van der Waals surface area contributed by atoms with Gasteiger partial charge in [0.2, 0.25) is 0 Å². The van der Waals surface area contributed by atoms with Gasteiger partial charge in [-0.25, -0.2) is 15.0 Å². The summed E-state index contributed by atoms with van der Waals surface area (Å²) in [5, 5.41) is 6.71. The van der Waals surface area contributed by atoms with E-state index in [1.54, 1.807) is 11.3 Å². The van der Waals surface area contributed by atoms with Gasteiger partial charge in [0.25, 0.3) is 0 Å². The molecule has 4 aromatic rings. The van der Waals surface area contributed by atoms with Crippen LogP contribution in [0.15, 0.2) is 48.1 Å². The predicted molar refractivity (Wildman–Crippen MR) is 107 cm³/mol. The van der Waals surface area contributed by atoms with Crippen LogP contribution < -0.4 is 5.32 Å². The topological polar surface area (TPSA) is 55.6 Å². The first-order chi connectivity index (χ1) is 12.7. The number of imidazole rings is 1. The van der Waals surface area contributed by atoms with Gasteiger partial charge in [-0.15, -0.1) is 11.3 Å². The number of hydrogen-bond acceptors (Lipinski definition) is 5. The highest BCUT2D eigenvalue weighted by atomic mass is 32.1. The first kappa shape index (κ1) is 16.7. The van der Waals surface area contributed by atoms with Gasteiger partial charge < -0.3 is 9.88 Å². The van der Waals surface area contributed by atoms with Crippen molar-refractivity contribution in [2.24, 2.45) is 0 Å². The molecule has 26 heavy (non-hydrogen) atoms. The molecule has 1 N–H and O–H groups in total. The van der Waals surface area contributed by atoms with Gasteiger partial charge in [-0.05, 0) is 36.8 Å². The zero-order valence-electron chi connectivity index (χ0n) is 14.9. The molecule has 0 amide bonds. The highest BCUT2D eigenvalue weighted by molar-refractivity contribution is 7.17. The minimum Gasteiger partial charge on any atom is -0.362 e. The fourth-order valence-corrected chi connectivity index (χ4v) is 4.05. The molecular weight excluding hydrogens is 342 g/mol. The quantitative estimate of drug-likeness (QED) is 0.553. The number of aryl methyl sites for hydroxylation is 4. The minimum atomic E-state index is 0.641. The summed E-state index contributed by atoms with van der Waals surface area (Å²) in [5.74, 6) is 2.69. The molecule has 0 bridgehead atoms. The monoisotopic (exact) mass is 363 g/mol. The van der Waals surface area contributed by atoms with E-state index in [0.29, 0.717) is 6.54 Å². The second-order valence-electron chi connectivity index (χ2n) is 6.34. The van der Waals surface area contributed by atoms with Crippen LogP contribution in [0.3, 0.4) is 0 Å². The lowest BCUT2D eigenvalue weighted by molar-refractivity contribution is 0.658. The van der Waals surface area contributed by atoms with Crippen LogP contribution in [0.1, 0.15) is 22.8 Å². The average Bonchev–Trinajstić information content (AvgIpc) is 3.25. The van der Waals surface area contributed by atoms with E-state index >= 15 is 0 Å². The summed E-state index contributed by atoms with van der Waals surface area (Å²) >= 11 is 1.66. The van der Waals surface area contributed by atoms with E-state index in [0.717, 1.165) is 40.6 Å². The number of fused-ring (bicyclic) bond motifs is 1. The number of nitrogens with zero attached hydrogens (tertiary/aromatic N) is 4. The largest absolute Gasteiger partial charge is 0.362 e. The fraction of sp³-hybridized carbons (Fsp3) is 0.250. The number of anilines is 1. The summed E-state index contributed by atoms with van der Waals surface area (Å²) in [5.41, 5.74) is 2.54. The smallest absolute Gasteiger partial charge is 0.139 e. The Bertz CT molecular complexity index is 1020. The second kappa shape index (κ2) is 7.25. The van der Waals surface area contributed by atoms with E-state index < -0.39 is 0 Å². The molecule has 6 heteroatoms. The number of rotatable bonds is 6. The summed E-state index contributed by atoms with van der Waals surface area (Å²) in [6.07, 6.45) is 4.89. The van der Waals surface area contributed by atoms with Crippen molar-refractivity contribution in [2.45, 2.75) is 33.4 Å². The standard InChI is InChI=1S/C20H21N5S/c1-14-13-26-20-18(14)19(23-15(2)24-20)22-12-17-21-9-11-25(17)10-8-16-6-4-3-5-7-16/h3-7,9,11,13H,8,10,12H2,1-2H3,(H,22,23,24). The Hall–Kier alpha value is -2.73. The van der Waals surface area contributed by atoms with Crippen molar-refractivity contribution in [1.29, 1.82) is 0 Å². The minimum absolute atomic E-state index is 0.641. The Labute approximate surface area is 156 Å². The Morgan fingerprint density at radius 2 is 1.96 bits per heavy atom. The normalized spacial score (nSPS) is 11.2. The Morgan fingerprint density at radius 3 is 2.81 bits per heavy atom. The molecular formula is C20H21N5S. The summed E-state index contributed by atoms with van der Waals surface area (Å²) in [6, 6.07) is 10.5. The van der Waals surface area contributed by atoms with Crippen LogP contribution in [0.4, 0.5) is 5.82 Å². The predicted octanol–water partition coefficient (Wildman–Crippen LogP) is 4.36. The molecule has 0 atom stereocenters. The molecule has 0 unspecified atom stereocenters. The highest BCUT2D eigenvalue weighted by Gasteiger charge is 2.11. The third kappa shape index (κ3) is 3.46. The van der Waals surface area contributed by atoms with Crippen molar-refractivity contribution < 1.29 is 0 Å². The molecule has 0 aliphatic rings. The van der Waals surface area contributed by atoms with Crippen LogP contribution >= 0.6 is 11.3 Å². The maximum absolute atomic E-state index is 4.60. The summed E-state index contributed by atoms with van der Waals surface area (Å²) in [4.78, 5) is 14.7. The molecule has 0 saturated carbocycles. The van der Waals surface area contributed by atoms with Crippen LogP contribution in [0.2, 0.25) is 0 Å². The number of benzene rings is 1. The van der Waals surface area contributed by atoms with Crippen LogP contribution in [0.5, 0.6) is 0 Å². The van der Waals surface area contributed by atoms with E-state index in [2.05, 4.69) is 61.4 Å². The van der Waals surface area contributed by atoms with Gasteiger partial charge in [-0.1, -0.05) is 30.3 Å². The van der Waals surface area contributed by atoms with Crippen LogP contribution in [0, 0.1) is 13.8 Å². The van der Waals surface area contributed by atoms with Crippen LogP contribution in [-0.2, 0) is 19.5 Å². The third-order valence-electron chi connectivity index (χ3n) is 4.43. The molecule has 4 rings (SSSR count). The van der Waals surface area contributed by atoms with Crippen molar-refractivity contribution in [3.63, 3.8) is 0 Å². The fourth-order valence-electron chi connectivity index (χ4n) is 3.09. The molecule has 0 aliphatic carbocycles. The Kier molecular flexibility index (Phi) is 4.67. The molecule has 0 spiro atoms. The van der Waals surface area contributed by atoms with E-state index in [-0.39, 0.29) is 0 Å². The van der Waals surface area contributed by atoms with E-state index in [1.807, 2.05) is 25.4 Å². The lowest BCUT2D eigenvalue weighted by Crippen LogP contribution is -2.11. The first-order valence-corrected chi connectivity index (χ1v) is 9.59. The molecule has 5 nitrogen and oxygen atoms in total. The third-order valence-corrected chi connectivity index (χ3v) is 5.42. The average molecular weight is 363 g/mol. The summed E-state index contributed by atoms with van der Waals surface area (Å²) in [6.45, 7) is 5.59. The van der Waals surface area contributed by atoms with E-state index in [1.165, 1.54) is 11.1 Å².